The number of quaternary nitrogens is 1. The minimum atomic E-state index is -4.94. The number of alkyl halides is 6. The van der Waals surface area contributed by atoms with Crippen molar-refractivity contribution in [1.82, 2.24) is 10.7 Å². The van der Waals surface area contributed by atoms with Crippen LogP contribution in [0.25, 0.3) is 0 Å². The normalized spacial score (nSPS) is 21.5. The number of hydrogen-bond acceptors (Lipinski definition) is 5. The summed E-state index contributed by atoms with van der Waals surface area (Å²) in [5.74, 6) is 0.667. The number of guanidine groups is 1. The first-order valence-electron chi connectivity index (χ1n) is 14.8. The van der Waals surface area contributed by atoms with E-state index in [1.807, 2.05) is 6.92 Å². The Labute approximate surface area is 242 Å². The van der Waals surface area contributed by atoms with Gasteiger partial charge in [0.2, 0.25) is 0 Å². The van der Waals surface area contributed by atoms with E-state index in [0.717, 1.165) is 55.7 Å². The second-order valence-electron chi connectivity index (χ2n) is 11.7. The van der Waals surface area contributed by atoms with Gasteiger partial charge < -0.3 is 10.6 Å². The Kier molecular flexibility index (Phi) is 8.41. The molecule has 3 N–H and O–H groups in total. The van der Waals surface area contributed by atoms with Crippen molar-refractivity contribution in [1.29, 1.82) is 0 Å². The van der Waals surface area contributed by atoms with Crippen LogP contribution in [0.4, 0.5) is 32.0 Å². The predicted molar refractivity (Wildman–Crippen MR) is 150 cm³/mol. The van der Waals surface area contributed by atoms with Gasteiger partial charge in [-0.3, -0.25) is 0 Å². The highest BCUT2D eigenvalue weighted by molar-refractivity contribution is 5.71. The summed E-state index contributed by atoms with van der Waals surface area (Å²) in [6.45, 7) is 5.97. The molecule has 1 saturated carbocycles. The van der Waals surface area contributed by atoms with E-state index in [4.69, 9.17) is 5.73 Å². The van der Waals surface area contributed by atoms with Crippen LogP contribution in [0, 0.1) is 5.92 Å². The van der Waals surface area contributed by atoms with Crippen LogP contribution in [0.2, 0.25) is 0 Å². The molecule has 1 atom stereocenters. The van der Waals surface area contributed by atoms with Gasteiger partial charge in [-0.15, -0.1) is 0 Å². The molecule has 5 rings (SSSR count). The van der Waals surface area contributed by atoms with Crippen molar-refractivity contribution in [3.8, 4) is 0 Å². The van der Waals surface area contributed by atoms with E-state index in [0.29, 0.717) is 12.5 Å². The topological polar surface area (TPSA) is 56.9 Å². The lowest BCUT2D eigenvalue weighted by Gasteiger charge is -2.39. The maximum absolute atomic E-state index is 13.7. The number of anilines is 1. The van der Waals surface area contributed by atoms with Crippen molar-refractivity contribution in [2.45, 2.75) is 84.2 Å². The second-order valence-corrected chi connectivity index (χ2v) is 11.7. The van der Waals surface area contributed by atoms with Crippen molar-refractivity contribution < 1.29 is 30.9 Å². The first-order chi connectivity index (χ1) is 19.8. The van der Waals surface area contributed by atoms with E-state index in [9.17, 15) is 26.3 Å². The van der Waals surface area contributed by atoms with Crippen LogP contribution in [0.5, 0.6) is 0 Å². The SMILES string of the molecule is CCN(CC1CCCC1)c1cc2c(cc1C[N+]1(Cc3cc(C(F)(F)F)cc(C(F)(F)F)c3)C(N)=NNN1CC)CCC2. The molecule has 230 valence electrons. The van der Waals surface area contributed by atoms with Crippen LogP contribution in [0.1, 0.15) is 79.3 Å². The number of benzene rings is 2. The molecule has 2 aromatic rings. The largest absolute Gasteiger partial charge is 0.416 e. The maximum Gasteiger partial charge on any atom is 0.416 e. The minimum absolute atomic E-state index is 0.0770. The van der Waals surface area contributed by atoms with Crippen LogP contribution in [-0.2, 0) is 38.3 Å². The number of fused-ring (bicyclic) bond motifs is 1. The summed E-state index contributed by atoms with van der Waals surface area (Å²) < 4.78 is 82.2. The van der Waals surface area contributed by atoms with Crippen LogP contribution in [0.3, 0.4) is 0 Å². The quantitative estimate of drug-likeness (QED) is 0.249. The fraction of sp³-hybridized carbons (Fsp3) is 0.567. The summed E-state index contributed by atoms with van der Waals surface area (Å²) in [5, 5.41) is 5.89. The summed E-state index contributed by atoms with van der Waals surface area (Å²) in [5.41, 5.74) is 11.1. The van der Waals surface area contributed by atoms with Gasteiger partial charge in [0.25, 0.3) is 0 Å². The van der Waals surface area contributed by atoms with Crippen molar-refractivity contribution in [2.24, 2.45) is 16.8 Å². The lowest BCUT2D eigenvalue weighted by atomic mass is 10.00. The van der Waals surface area contributed by atoms with Gasteiger partial charge >= 0.3 is 18.3 Å². The monoisotopic (exact) mass is 597 g/mol. The zero-order chi connectivity index (χ0) is 30.3. The molecule has 3 aliphatic rings. The number of aryl methyl sites for hydroxylation is 2. The molecule has 0 spiro atoms. The first-order valence-corrected chi connectivity index (χ1v) is 14.8. The van der Waals surface area contributed by atoms with Gasteiger partial charge in [-0.2, -0.15) is 36.5 Å². The lowest BCUT2D eigenvalue weighted by Crippen LogP contribution is -2.63. The fourth-order valence-electron chi connectivity index (χ4n) is 6.82. The van der Waals surface area contributed by atoms with E-state index >= 15 is 0 Å². The standard InChI is InChI=1S/C30H39F6N6/c1-3-40(17-20-8-5-6-9-20)27-15-23-11-7-10-22(23)14-24(27)19-42(28(37)38-39-41(42)4-2)18-21-12-25(29(31,32)33)16-26(13-21)30(34,35)36/h12-16,20,39H,3-11,17-19H2,1-2H3,(H2,37,38)/q+1. The van der Waals surface area contributed by atoms with E-state index in [1.165, 1.54) is 36.8 Å². The summed E-state index contributed by atoms with van der Waals surface area (Å²) >= 11 is 0. The van der Waals surface area contributed by atoms with Crippen molar-refractivity contribution in [3.63, 3.8) is 0 Å². The number of nitrogens with zero attached hydrogens (tertiary/aromatic N) is 4. The Morgan fingerprint density at radius 2 is 1.52 bits per heavy atom. The van der Waals surface area contributed by atoms with Crippen LogP contribution in [-0.4, -0.2) is 35.3 Å². The van der Waals surface area contributed by atoms with E-state index < -0.39 is 23.5 Å². The maximum atomic E-state index is 13.7. The zero-order valence-corrected chi connectivity index (χ0v) is 24.1. The summed E-state index contributed by atoms with van der Waals surface area (Å²) in [6.07, 6.45) is -2.11. The van der Waals surface area contributed by atoms with Gasteiger partial charge in [-0.25, -0.2) is 0 Å². The third-order valence-corrected chi connectivity index (χ3v) is 8.96. The molecule has 6 nitrogen and oxygen atoms in total. The molecule has 2 aromatic carbocycles. The van der Waals surface area contributed by atoms with E-state index in [2.05, 4.69) is 34.6 Å². The molecule has 2 aliphatic carbocycles. The van der Waals surface area contributed by atoms with Crippen LogP contribution in [0.15, 0.2) is 35.4 Å². The summed E-state index contributed by atoms with van der Waals surface area (Å²) in [6, 6.07) is 6.15. The summed E-state index contributed by atoms with van der Waals surface area (Å²) in [4.78, 5) is 2.37. The molecule has 0 amide bonds. The Bertz CT molecular complexity index is 1280. The number of halogens is 6. The van der Waals surface area contributed by atoms with Gasteiger partial charge in [0.05, 0.1) is 17.7 Å². The van der Waals surface area contributed by atoms with Gasteiger partial charge in [0.15, 0.2) is 0 Å². The molecule has 0 bridgehead atoms. The van der Waals surface area contributed by atoms with Crippen molar-refractivity contribution in [2.75, 3.05) is 24.5 Å². The number of hydrogen-bond donors (Lipinski definition) is 2. The lowest BCUT2D eigenvalue weighted by molar-refractivity contribution is -0.984. The first kappa shape index (κ1) is 30.5. The van der Waals surface area contributed by atoms with Gasteiger partial charge in [-0.05, 0) is 98.4 Å². The highest BCUT2D eigenvalue weighted by atomic mass is 19.4. The molecule has 0 aromatic heterocycles. The molecule has 1 heterocycles. The highest BCUT2D eigenvalue weighted by Gasteiger charge is 2.47. The Morgan fingerprint density at radius 3 is 2.10 bits per heavy atom. The van der Waals surface area contributed by atoms with Crippen molar-refractivity contribution >= 4 is 11.6 Å². The third-order valence-electron chi connectivity index (χ3n) is 8.96. The number of hydrazine groups is 1. The predicted octanol–water partition coefficient (Wildman–Crippen LogP) is 6.73. The Hall–Kier alpha value is -2.99. The fourth-order valence-corrected chi connectivity index (χ4v) is 6.82. The van der Waals surface area contributed by atoms with Gasteiger partial charge in [0.1, 0.15) is 13.1 Å². The van der Waals surface area contributed by atoms with Crippen LogP contribution < -0.4 is 16.2 Å². The Balaban J connectivity index is 1.60. The summed E-state index contributed by atoms with van der Waals surface area (Å²) in [7, 11) is 0. The molecular weight excluding hydrogens is 558 g/mol. The molecule has 42 heavy (non-hydrogen) atoms. The van der Waals surface area contributed by atoms with E-state index in [1.54, 1.807) is 5.12 Å². The highest BCUT2D eigenvalue weighted by Crippen LogP contribution is 2.39. The second kappa shape index (κ2) is 11.6. The molecular formula is C30H39F6N6+. The Morgan fingerprint density at radius 1 is 0.905 bits per heavy atom. The minimum Gasteiger partial charge on any atom is -0.371 e. The number of rotatable bonds is 9. The van der Waals surface area contributed by atoms with Gasteiger partial charge in [-0.1, -0.05) is 17.9 Å². The zero-order valence-electron chi connectivity index (χ0n) is 24.1. The average Bonchev–Trinajstić information content (AvgIpc) is 3.67. The number of nitrogens with two attached hydrogens (primary N) is 1. The molecule has 1 aliphatic heterocycles. The number of hydrazone groups is 1. The molecule has 1 fully saturated rings. The number of nitrogens with one attached hydrogen (secondary N) is 1. The van der Waals surface area contributed by atoms with Gasteiger partial charge in [0, 0.05) is 29.9 Å². The van der Waals surface area contributed by atoms with E-state index in [-0.39, 0.29) is 35.3 Å². The van der Waals surface area contributed by atoms with Crippen molar-refractivity contribution in [3.05, 3.63) is 63.7 Å². The average molecular weight is 598 g/mol. The molecule has 12 heteroatoms. The smallest absolute Gasteiger partial charge is 0.371 e. The van der Waals surface area contributed by atoms with Crippen LogP contribution >= 0.6 is 0 Å². The molecule has 1 unspecified atom stereocenters. The molecule has 0 saturated heterocycles. The molecule has 0 radical (unpaired) electrons. The third kappa shape index (κ3) is 6.06.